The summed E-state index contributed by atoms with van der Waals surface area (Å²) in [5.74, 6) is -1.65. The van der Waals surface area contributed by atoms with Crippen molar-refractivity contribution in [1.29, 1.82) is 0 Å². The largest absolute Gasteiger partial charge is 0.466 e. The summed E-state index contributed by atoms with van der Waals surface area (Å²) < 4.78 is 18.6. The molecule has 1 unspecified atom stereocenters. The molecular formula is C14H17FNO4P. The number of carbonyl (C=O) groups excluding carboxylic acids is 3. The van der Waals surface area contributed by atoms with E-state index in [1.54, 1.807) is 6.92 Å². The van der Waals surface area contributed by atoms with Gasteiger partial charge in [-0.2, -0.15) is 0 Å². The first-order valence-corrected chi connectivity index (χ1v) is 6.95. The number of halogens is 1. The molecule has 7 heteroatoms. The van der Waals surface area contributed by atoms with Crippen LogP contribution >= 0.6 is 9.39 Å². The highest BCUT2D eigenvalue weighted by atomic mass is 31.0. The molecule has 1 aromatic carbocycles. The lowest BCUT2D eigenvalue weighted by Gasteiger charge is -2.15. The molecule has 0 heterocycles. The van der Waals surface area contributed by atoms with E-state index < -0.39 is 17.7 Å². The lowest BCUT2D eigenvalue weighted by molar-refractivity contribution is -0.147. The van der Waals surface area contributed by atoms with E-state index >= 15 is 0 Å². The van der Waals surface area contributed by atoms with Gasteiger partial charge in [-0.15, -0.1) is 0 Å². The number of hydrogen-bond donors (Lipinski definition) is 0. The van der Waals surface area contributed by atoms with Crippen molar-refractivity contribution in [3.63, 3.8) is 0 Å². The third-order valence-electron chi connectivity index (χ3n) is 2.67. The number of nitrogens with zero attached hydrogens (tertiary/aromatic N) is 1. The van der Waals surface area contributed by atoms with Gasteiger partial charge in [0.15, 0.2) is 5.78 Å². The molecule has 21 heavy (non-hydrogen) atoms. The molecule has 0 fully saturated rings. The normalized spacial score (nSPS) is 10.0. The van der Waals surface area contributed by atoms with Crippen LogP contribution in [0.3, 0.4) is 0 Å². The summed E-state index contributed by atoms with van der Waals surface area (Å²) in [6, 6.07) is 5.20. The van der Waals surface area contributed by atoms with Gasteiger partial charge in [0.1, 0.15) is 12.2 Å². The maximum Gasteiger partial charge on any atom is 0.315 e. The van der Waals surface area contributed by atoms with Crippen LogP contribution in [0, 0.1) is 5.82 Å². The second kappa shape index (κ2) is 8.47. The van der Waals surface area contributed by atoms with E-state index in [0.717, 1.165) is 0 Å². The molecular weight excluding hydrogens is 296 g/mol. The van der Waals surface area contributed by atoms with Gasteiger partial charge in [0.25, 0.3) is 0 Å². The number of hydrogen-bond acceptors (Lipinski definition) is 4. The van der Waals surface area contributed by atoms with Crippen LogP contribution in [0.5, 0.6) is 0 Å². The van der Waals surface area contributed by atoms with Crippen molar-refractivity contribution in [2.24, 2.45) is 0 Å². The van der Waals surface area contributed by atoms with Crippen molar-refractivity contribution in [3.05, 3.63) is 35.6 Å². The third-order valence-corrected chi connectivity index (χ3v) is 3.21. The highest BCUT2D eigenvalue weighted by Crippen LogP contribution is 2.09. The smallest absolute Gasteiger partial charge is 0.315 e. The zero-order valence-corrected chi connectivity index (χ0v) is 12.8. The number of Topliss-reactive ketones (excluding diaryl/α,β-unsaturated/α-hetero) is 1. The van der Waals surface area contributed by atoms with Crippen LogP contribution in [0.15, 0.2) is 24.3 Å². The fraction of sp³-hybridized carbons (Fsp3) is 0.357. The maximum atomic E-state index is 12.7. The SMILES string of the molecule is CCOC(=O)CC(=O)N(P)CCC(=O)c1ccc(F)cc1. The van der Waals surface area contributed by atoms with Gasteiger partial charge in [0.2, 0.25) is 5.91 Å². The summed E-state index contributed by atoms with van der Waals surface area (Å²) in [4.78, 5) is 34.7. The predicted molar refractivity (Wildman–Crippen MR) is 78.0 cm³/mol. The van der Waals surface area contributed by atoms with Crippen LogP contribution in [0.4, 0.5) is 4.39 Å². The van der Waals surface area contributed by atoms with Crippen LogP contribution in [-0.4, -0.2) is 35.5 Å². The first kappa shape index (κ1) is 17.2. The number of rotatable bonds is 7. The predicted octanol–water partition coefficient (Wildman–Crippen LogP) is 1.97. The minimum atomic E-state index is -0.597. The third kappa shape index (κ3) is 6.00. The molecule has 0 radical (unpaired) electrons. The Morgan fingerprint density at radius 3 is 2.43 bits per heavy atom. The molecule has 0 N–H and O–H groups in total. The van der Waals surface area contributed by atoms with E-state index in [4.69, 9.17) is 0 Å². The average Bonchev–Trinajstić information content (AvgIpc) is 2.45. The molecule has 0 aliphatic heterocycles. The van der Waals surface area contributed by atoms with E-state index in [1.165, 1.54) is 28.9 Å². The van der Waals surface area contributed by atoms with Crippen LogP contribution in [0.25, 0.3) is 0 Å². The van der Waals surface area contributed by atoms with Gasteiger partial charge < -0.3 is 9.41 Å². The molecule has 1 rings (SSSR count). The van der Waals surface area contributed by atoms with Crippen molar-refractivity contribution in [3.8, 4) is 0 Å². The Kier molecular flexibility index (Phi) is 6.96. The van der Waals surface area contributed by atoms with E-state index in [2.05, 4.69) is 14.1 Å². The number of ether oxygens (including phenoxy) is 1. The fourth-order valence-corrected chi connectivity index (χ4v) is 1.78. The molecule has 0 spiro atoms. The van der Waals surface area contributed by atoms with Crippen LogP contribution in [0.2, 0.25) is 0 Å². The van der Waals surface area contributed by atoms with Gasteiger partial charge in [-0.1, -0.05) is 0 Å². The summed E-state index contributed by atoms with van der Waals surface area (Å²) in [7, 11) is 2.17. The molecule has 0 aliphatic rings. The minimum absolute atomic E-state index is 0.0870. The average molecular weight is 313 g/mol. The molecule has 1 amide bonds. The Balaban J connectivity index is 2.43. The van der Waals surface area contributed by atoms with Crippen LogP contribution in [0.1, 0.15) is 30.1 Å². The van der Waals surface area contributed by atoms with Gasteiger partial charge in [0.05, 0.1) is 6.61 Å². The monoisotopic (exact) mass is 313 g/mol. The van der Waals surface area contributed by atoms with Gasteiger partial charge in [0, 0.05) is 18.5 Å². The zero-order valence-electron chi connectivity index (χ0n) is 11.7. The molecule has 1 aromatic rings. The van der Waals surface area contributed by atoms with Crippen LogP contribution < -0.4 is 0 Å². The van der Waals surface area contributed by atoms with E-state index in [-0.39, 0.29) is 31.8 Å². The Hall–Kier alpha value is -1.81. The van der Waals surface area contributed by atoms with Crippen molar-refractivity contribution >= 4 is 27.1 Å². The summed E-state index contributed by atoms with van der Waals surface area (Å²) in [6.07, 6.45) is -0.272. The number of amides is 1. The molecule has 0 bridgehead atoms. The van der Waals surface area contributed by atoms with E-state index in [0.29, 0.717) is 5.56 Å². The van der Waals surface area contributed by atoms with Crippen molar-refractivity contribution in [1.82, 2.24) is 4.67 Å². The topological polar surface area (TPSA) is 63.7 Å². The van der Waals surface area contributed by atoms with E-state index in [1.807, 2.05) is 0 Å². The van der Waals surface area contributed by atoms with Gasteiger partial charge >= 0.3 is 5.97 Å². The van der Waals surface area contributed by atoms with Crippen molar-refractivity contribution in [2.75, 3.05) is 13.2 Å². The Bertz CT molecular complexity index is 518. The Labute approximate surface area is 124 Å². The molecule has 1 atom stereocenters. The fourth-order valence-electron chi connectivity index (χ4n) is 1.56. The molecule has 0 saturated carbocycles. The first-order chi connectivity index (χ1) is 9.93. The maximum absolute atomic E-state index is 12.7. The minimum Gasteiger partial charge on any atom is -0.466 e. The molecule has 0 aromatic heterocycles. The standard InChI is InChI=1S/C14H17FNO4P/c1-2-20-14(19)9-13(18)16(21)8-7-12(17)10-3-5-11(15)6-4-10/h3-6H,2,7-9,21H2,1H3. The quantitative estimate of drug-likeness (QED) is 0.334. The van der Waals surface area contributed by atoms with Gasteiger partial charge in [-0.3, -0.25) is 14.4 Å². The van der Waals surface area contributed by atoms with E-state index in [9.17, 15) is 18.8 Å². The lowest BCUT2D eigenvalue weighted by Crippen LogP contribution is -2.26. The van der Waals surface area contributed by atoms with Crippen molar-refractivity contribution in [2.45, 2.75) is 19.8 Å². The Morgan fingerprint density at radius 2 is 1.86 bits per heavy atom. The Morgan fingerprint density at radius 1 is 1.24 bits per heavy atom. The van der Waals surface area contributed by atoms with Gasteiger partial charge in [-0.25, -0.2) is 4.39 Å². The summed E-state index contributed by atoms with van der Waals surface area (Å²) in [5.41, 5.74) is 0.382. The number of esters is 1. The summed E-state index contributed by atoms with van der Waals surface area (Å²) in [6.45, 7) is 2.02. The highest BCUT2D eigenvalue weighted by molar-refractivity contribution is 7.14. The number of ketones is 1. The first-order valence-electron chi connectivity index (χ1n) is 6.43. The number of benzene rings is 1. The summed E-state index contributed by atoms with van der Waals surface area (Å²) in [5, 5.41) is 0. The highest BCUT2D eigenvalue weighted by Gasteiger charge is 2.16. The van der Waals surface area contributed by atoms with Crippen molar-refractivity contribution < 1.29 is 23.5 Å². The zero-order chi connectivity index (χ0) is 15.8. The second-order valence-corrected chi connectivity index (χ2v) is 4.87. The molecule has 0 aliphatic carbocycles. The lowest BCUT2D eigenvalue weighted by atomic mass is 10.1. The molecule has 0 saturated heterocycles. The van der Waals surface area contributed by atoms with Crippen LogP contribution in [-0.2, 0) is 14.3 Å². The number of carbonyl (C=O) groups is 3. The second-order valence-electron chi connectivity index (χ2n) is 4.25. The molecule has 5 nitrogen and oxygen atoms in total. The van der Waals surface area contributed by atoms with Gasteiger partial charge in [-0.05, 0) is 40.6 Å². The molecule has 114 valence electrons. The summed E-state index contributed by atoms with van der Waals surface area (Å²) >= 11 is 0.